The normalized spacial score (nSPS) is 14.2. The first-order valence-corrected chi connectivity index (χ1v) is 7.46. The van der Waals surface area contributed by atoms with E-state index in [-0.39, 0.29) is 28.4 Å². The zero-order chi connectivity index (χ0) is 17.6. The van der Waals surface area contributed by atoms with Crippen LogP contribution in [-0.2, 0) is 14.4 Å². The van der Waals surface area contributed by atoms with E-state index < -0.39 is 5.82 Å². The molecule has 0 fully saturated rings. The zero-order valence-electron chi connectivity index (χ0n) is 13.0. The van der Waals surface area contributed by atoms with Gasteiger partial charge in [-0.15, -0.1) is 0 Å². The fourth-order valence-corrected chi connectivity index (χ4v) is 2.10. The van der Waals surface area contributed by atoms with E-state index in [2.05, 4.69) is 20.3 Å². The van der Waals surface area contributed by atoms with E-state index in [1.54, 1.807) is 24.3 Å². The van der Waals surface area contributed by atoms with E-state index in [1.807, 2.05) is 0 Å². The number of rotatable bonds is 5. The van der Waals surface area contributed by atoms with Gasteiger partial charge in [-0.1, -0.05) is 28.9 Å². The van der Waals surface area contributed by atoms with E-state index in [9.17, 15) is 4.39 Å². The maximum absolute atomic E-state index is 14.0. The highest BCUT2D eigenvalue weighted by atomic mass is 35.5. The van der Waals surface area contributed by atoms with Gasteiger partial charge in [0.2, 0.25) is 5.82 Å². The van der Waals surface area contributed by atoms with Crippen LogP contribution in [0.2, 0.25) is 5.15 Å². The Labute approximate surface area is 146 Å². The van der Waals surface area contributed by atoms with E-state index >= 15 is 0 Å². The SMILES string of the molecule is CON=C(C1=NOCCO1)c1ccccc1Oc1ncnc(Cl)c1F. The molecule has 1 aliphatic heterocycles. The van der Waals surface area contributed by atoms with Crippen molar-refractivity contribution in [3.05, 3.63) is 47.1 Å². The maximum Gasteiger partial charge on any atom is 0.280 e. The van der Waals surface area contributed by atoms with Gasteiger partial charge in [0, 0.05) is 0 Å². The molecule has 1 aromatic carbocycles. The van der Waals surface area contributed by atoms with Crippen molar-refractivity contribution in [2.45, 2.75) is 0 Å². The van der Waals surface area contributed by atoms with Gasteiger partial charge in [-0.05, 0) is 17.3 Å². The monoisotopic (exact) mass is 366 g/mol. The highest BCUT2D eigenvalue weighted by Crippen LogP contribution is 2.28. The summed E-state index contributed by atoms with van der Waals surface area (Å²) >= 11 is 5.65. The summed E-state index contributed by atoms with van der Waals surface area (Å²) < 4.78 is 25.0. The summed E-state index contributed by atoms with van der Waals surface area (Å²) in [5.41, 5.74) is 0.654. The Morgan fingerprint density at radius 1 is 1.28 bits per heavy atom. The minimum absolute atomic E-state index is 0.116. The molecule has 1 aromatic heterocycles. The smallest absolute Gasteiger partial charge is 0.280 e. The van der Waals surface area contributed by atoms with Crippen molar-refractivity contribution < 1.29 is 23.5 Å². The average molecular weight is 367 g/mol. The third-order valence-electron chi connectivity index (χ3n) is 3.01. The number of hydrogen-bond acceptors (Lipinski definition) is 8. The molecule has 0 saturated heterocycles. The minimum atomic E-state index is -0.876. The summed E-state index contributed by atoms with van der Waals surface area (Å²) in [6, 6.07) is 6.71. The molecule has 0 atom stereocenters. The summed E-state index contributed by atoms with van der Waals surface area (Å²) in [5, 5.41) is 7.37. The lowest BCUT2D eigenvalue weighted by Crippen LogP contribution is -2.25. The Morgan fingerprint density at radius 3 is 2.88 bits per heavy atom. The van der Waals surface area contributed by atoms with Gasteiger partial charge >= 0.3 is 0 Å². The van der Waals surface area contributed by atoms with E-state index in [0.29, 0.717) is 18.8 Å². The Balaban J connectivity index is 2.01. The van der Waals surface area contributed by atoms with Crippen LogP contribution in [-0.4, -0.2) is 41.9 Å². The molecule has 0 saturated carbocycles. The van der Waals surface area contributed by atoms with Crippen molar-refractivity contribution in [1.29, 1.82) is 0 Å². The van der Waals surface area contributed by atoms with Crippen LogP contribution in [0, 0.1) is 5.82 Å². The van der Waals surface area contributed by atoms with Crippen molar-refractivity contribution in [3.63, 3.8) is 0 Å². The Morgan fingerprint density at radius 2 is 2.12 bits per heavy atom. The van der Waals surface area contributed by atoms with Crippen molar-refractivity contribution in [3.8, 4) is 11.6 Å². The number of nitrogens with zero attached hydrogens (tertiary/aromatic N) is 4. The Kier molecular flexibility index (Phi) is 5.24. The second kappa shape index (κ2) is 7.75. The van der Waals surface area contributed by atoms with E-state index in [4.69, 9.17) is 30.7 Å². The lowest BCUT2D eigenvalue weighted by Gasteiger charge is -2.16. The van der Waals surface area contributed by atoms with Gasteiger partial charge in [-0.25, -0.2) is 4.98 Å². The molecule has 25 heavy (non-hydrogen) atoms. The van der Waals surface area contributed by atoms with Crippen LogP contribution in [0.15, 0.2) is 40.9 Å². The minimum Gasteiger partial charge on any atom is -0.470 e. The lowest BCUT2D eigenvalue weighted by atomic mass is 10.1. The van der Waals surface area contributed by atoms with Gasteiger partial charge in [-0.3, -0.25) is 0 Å². The van der Waals surface area contributed by atoms with Gasteiger partial charge < -0.3 is 19.1 Å². The largest absolute Gasteiger partial charge is 0.470 e. The molecule has 0 aliphatic carbocycles. The first-order valence-electron chi connectivity index (χ1n) is 7.08. The quantitative estimate of drug-likeness (QED) is 0.459. The maximum atomic E-state index is 14.0. The molecule has 2 aromatic rings. The molecule has 3 rings (SSSR count). The number of ether oxygens (including phenoxy) is 2. The predicted molar refractivity (Wildman–Crippen MR) is 86.4 cm³/mol. The molecule has 1 aliphatic rings. The molecule has 0 spiro atoms. The first kappa shape index (κ1) is 16.9. The standard InChI is InChI=1S/C15H12ClFN4O4/c1-22-20-12(15-21-24-7-6-23-15)9-4-2-3-5-10(9)25-14-11(17)13(16)18-8-19-14/h2-5,8H,6-7H2,1H3. The van der Waals surface area contributed by atoms with Crippen molar-refractivity contribution in [1.82, 2.24) is 9.97 Å². The number of benzene rings is 1. The zero-order valence-corrected chi connectivity index (χ0v) is 13.7. The van der Waals surface area contributed by atoms with Crippen LogP contribution in [0.1, 0.15) is 5.56 Å². The highest BCUT2D eigenvalue weighted by Gasteiger charge is 2.23. The molecule has 8 nitrogen and oxygen atoms in total. The molecule has 0 N–H and O–H groups in total. The van der Waals surface area contributed by atoms with Gasteiger partial charge in [0.15, 0.2) is 17.5 Å². The summed E-state index contributed by atoms with van der Waals surface area (Å²) in [6.07, 6.45) is 1.09. The Hall–Kier alpha value is -2.94. The van der Waals surface area contributed by atoms with Crippen LogP contribution in [0.4, 0.5) is 4.39 Å². The number of para-hydroxylation sites is 1. The number of halogens is 2. The van der Waals surface area contributed by atoms with Crippen LogP contribution in [0.5, 0.6) is 11.6 Å². The fourth-order valence-electron chi connectivity index (χ4n) is 1.97. The van der Waals surface area contributed by atoms with Crippen LogP contribution in [0.3, 0.4) is 0 Å². The molecule has 2 heterocycles. The predicted octanol–water partition coefficient (Wildman–Crippen LogP) is 2.77. The molecule has 10 heteroatoms. The van der Waals surface area contributed by atoms with E-state index in [1.165, 1.54) is 7.11 Å². The van der Waals surface area contributed by atoms with E-state index in [0.717, 1.165) is 6.33 Å². The molecule has 0 bridgehead atoms. The molecule has 0 unspecified atom stereocenters. The molecule has 0 radical (unpaired) electrons. The summed E-state index contributed by atoms with van der Waals surface area (Å²) in [4.78, 5) is 17.2. The van der Waals surface area contributed by atoms with Gasteiger partial charge in [0.05, 0.1) is 5.56 Å². The average Bonchev–Trinajstić information content (AvgIpc) is 2.65. The second-order valence-corrected chi connectivity index (χ2v) is 4.94. The summed E-state index contributed by atoms with van der Waals surface area (Å²) in [7, 11) is 1.37. The molecule has 0 amide bonds. The van der Waals surface area contributed by atoms with Crippen molar-refractivity contribution in [2.75, 3.05) is 20.3 Å². The van der Waals surface area contributed by atoms with Crippen LogP contribution in [0.25, 0.3) is 0 Å². The molecular formula is C15H12ClFN4O4. The van der Waals surface area contributed by atoms with Crippen LogP contribution >= 0.6 is 11.6 Å². The van der Waals surface area contributed by atoms with Crippen molar-refractivity contribution in [2.24, 2.45) is 10.3 Å². The number of aromatic nitrogens is 2. The topological polar surface area (TPSA) is 87.4 Å². The lowest BCUT2D eigenvalue weighted by molar-refractivity contribution is 0.0672. The number of hydrogen-bond donors (Lipinski definition) is 0. The molecular weight excluding hydrogens is 355 g/mol. The third kappa shape index (κ3) is 3.77. The highest BCUT2D eigenvalue weighted by molar-refractivity contribution is 6.45. The van der Waals surface area contributed by atoms with Crippen molar-refractivity contribution >= 4 is 23.2 Å². The third-order valence-corrected chi connectivity index (χ3v) is 3.27. The van der Waals surface area contributed by atoms with Gasteiger partial charge in [-0.2, -0.15) is 9.37 Å². The fraction of sp³-hybridized carbons (Fsp3) is 0.200. The second-order valence-electron chi connectivity index (χ2n) is 4.58. The van der Waals surface area contributed by atoms with Crippen LogP contribution < -0.4 is 4.74 Å². The number of oxime groups is 2. The van der Waals surface area contributed by atoms with Gasteiger partial charge in [0.1, 0.15) is 25.8 Å². The first-order chi connectivity index (χ1) is 12.2. The Bertz CT molecular complexity index is 831. The summed E-state index contributed by atoms with van der Waals surface area (Å²) in [5.74, 6) is -0.847. The van der Waals surface area contributed by atoms with Gasteiger partial charge in [0.25, 0.3) is 11.8 Å². The summed E-state index contributed by atoms with van der Waals surface area (Å²) in [6.45, 7) is 0.632. The molecule has 130 valence electrons.